The molecule has 2 amide bonds. The summed E-state index contributed by atoms with van der Waals surface area (Å²) in [6.45, 7) is 4.08. The van der Waals surface area contributed by atoms with E-state index in [4.69, 9.17) is 4.52 Å². The van der Waals surface area contributed by atoms with E-state index in [0.29, 0.717) is 28.5 Å². The minimum absolute atomic E-state index is 0.163. The van der Waals surface area contributed by atoms with Crippen LogP contribution in [0.15, 0.2) is 52.1 Å². The minimum Gasteiger partial charge on any atom is -0.361 e. The number of carbonyl (C=O) groups excluding carboxylic acids is 2. The third-order valence-electron chi connectivity index (χ3n) is 4.42. The van der Waals surface area contributed by atoms with Crippen molar-refractivity contribution in [3.05, 3.63) is 76.3 Å². The van der Waals surface area contributed by atoms with Crippen LogP contribution in [0.25, 0.3) is 0 Å². The molecule has 3 aromatic rings. The molecule has 7 nitrogen and oxygen atoms in total. The number of amides is 2. The summed E-state index contributed by atoms with van der Waals surface area (Å²) in [5.41, 5.74) is 3.75. The van der Waals surface area contributed by atoms with E-state index in [1.54, 1.807) is 43.6 Å². The number of pyridine rings is 1. The van der Waals surface area contributed by atoms with Gasteiger partial charge in [-0.1, -0.05) is 17.3 Å². The van der Waals surface area contributed by atoms with E-state index in [-0.39, 0.29) is 11.8 Å². The zero-order chi connectivity index (χ0) is 20.8. The molecule has 0 saturated carbocycles. The molecule has 150 valence electrons. The van der Waals surface area contributed by atoms with E-state index in [9.17, 15) is 9.59 Å². The van der Waals surface area contributed by atoms with Crippen LogP contribution in [-0.4, -0.2) is 29.0 Å². The van der Waals surface area contributed by atoms with Gasteiger partial charge in [0, 0.05) is 36.7 Å². The molecule has 2 N–H and O–H groups in total. The van der Waals surface area contributed by atoms with Crippen molar-refractivity contribution in [3.63, 3.8) is 0 Å². The van der Waals surface area contributed by atoms with E-state index in [0.717, 1.165) is 22.6 Å². The fourth-order valence-electron chi connectivity index (χ4n) is 2.77. The van der Waals surface area contributed by atoms with Crippen molar-refractivity contribution in [2.45, 2.75) is 31.2 Å². The van der Waals surface area contributed by atoms with E-state index < -0.39 is 0 Å². The summed E-state index contributed by atoms with van der Waals surface area (Å²) in [7, 11) is 1.58. The summed E-state index contributed by atoms with van der Waals surface area (Å²) in [5, 5.41) is 10.1. The van der Waals surface area contributed by atoms with Crippen LogP contribution in [0.4, 0.5) is 0 Å². The predicted octanol–water partition coefficient (Wildman–Crippen LogP) is 3.27. The van der Waals surface area contributed by atoms with Crippen LogP contribution in [0.5, 0.6) is 0 Å². The first kappa shape index (κ1) is 20.6. The Morgan fingerprint density at radius 1 is 1.14 bits per heavy atom. The molecule has 0 radical (unpaired) electrons. The third kappa shape index (κ3) is 5.03. The second kappa shape index (κ2) is 9.38. The number of hydrogen-bond donors (Lipinski definition) is 2. The average Bonchev–Trinajstić information content (AvgIpc) is 3.07. The van der Waals surface area contributed by atoms with Gasteiger partial charge in [-0.15, -0.1) is 11.8 Å². The lowest BCUT2D eigenvalue weighted by Gasteiger charge is -2.10. The van der Waals surface area contributed by atoms with Gasteiger partial charge >= 0.3 is 0 Å². The van der Waals surface area contributed by atoms with Crippen LogP contribution in [0.1, 0.15) is 43.3 Å². The topological polar surface area (TPSA) is 97.1 Å². The molecule has 0 fully saturated rings. The van der Waals surface area contributed by atoms with Gasteiger partial charge in [-0.05, 0) is 43.7 Å². The molecule has 0 aliphatic carbocycles. The van der Waals surface area contributed by atoms with Gasteiger partial charge in [-0.3, -0.25) is 9.59 Å². The number of rotatable bonds is 7. The Labute approximate surface area is 173 Å². The standard InChI is InChI=1S/C21H22N4O3S/c1-13-18(14(2)28-25-13)12-29-21-17(8-5-9-23-21)20(27)24-11-15-6-4-7-16(10-15)19(26)22-3/h4-10H,11-12H2,1-3H3,(H,22,26)(H,24,27). The molecule has 2 heterocycles. The molecule has 0 aliphatic heterocycles. The molecule has 0 spiro atoms. The number of aryl methyl sites for hydroxylation is 2. The molecule has 1 aromatic carbocycles. The highest BCUT2D eigenvalue weighted by Gasteiger charge is 2.15. The van der Waals surface area contributed by atoms with Crippen LogP contribution in [0.2, 0.25) is 0 Å². The smallest absolute Gasteiger partial charge is 0.254 e. The quantitative estimate of drug-likeness (QED) is 0.580. The summed E-state index contributed by atoms with van der Waals surface area (Å²) in [4.78, 5) is 28.9. The van der Waals surface area contributed by atoms with Gasteiger partial charge in [0.2, 0.25) is 0 Å². The Morgan fingerprint density at radius 2 is 1.97 bits per heavy atom. The van der Waals surface area contributed by atoms with Crippen LogP contribution < -0.4 is 10.6 Å². The molecule has 8 heteroatoms. The van der Waals surface area contributed by atoms with E-state index in [1.165, 1.54) is 11.8 Å². The highest BCUT2D eigenvalue weighted by Crippen LogP contribution is 2.27. The molecular weight excluding hydrogens is 388 g/mol. The second-order valence-corrected chi connectivity index (χ2v) is 7.37. The van der Waals surface area contributed by atoms with E-state index in [1.807, 2.05) is 19.9 Å². The summed E-state index contributed by atoms with van der Waals surface area (Å²) < 4.78 is 5.19. The first-order valence-electron chi connectivity index (χ1n) is 9.08. The fourth-order valence-corrected chi connectivity index (χ4v) is 3.92. The molecule has 29 heavy (non-hydrogen) atoms. The van der Waals surface area contributed by atoms with Gasteiger partial charge in [0.25, 0.3) is 11.8 Å². The van der Waals surface area contributed by atoms with Crippen molar-refractivity contribution < 1.29 is 14.1 Å². The number of aromatic nitrogens is 2. The van der Waals surface area contributed by atoms with Crippen molar-refractivity contribution in [2.75, 3.05) is 7.05 Å². The lowest BCUT2D eigenvalue weighted by molar-refractivity contribution is 0.0945. The van der Waals surface area contributed by atoms with Crippen molar-refractivity contribution in [1.82, 2.24) is 20.8 Å². The summed E-state index contributed by atoms with van der Waals surface area (Å²) >= 11 is 1.47. The van der Waals surface area contributed by atoms with Crippen molar-refractivity contribution in [3.8, 4) is 0 Å². The van der Waals surface area contributed by atoms with Crippen molar-refractivity contribution >= 4 is 23.6 Å². The van der Waals surface area contributed by atoms with Crippen LogP contribution in [0, 0.1) is 13.8 Å². The lowest BCUT2D eigenvalue weighted by Crippen LogP contribution is -2.24. The summed E-state index contributed by atoms with van der Waals surface area (Å²) in [6, 6.07) is 10.6. The molecule has 0 unspecified atom stereocenters. The molecule has 0 bridgehead atoms. The number of nitrogens with one attached hydrogen (secondary N) is 2. The molecule has 0 aliphatic rings. The molecule has 2 aromatic heterocycles. The molecule has 0 atom stereocenters. The summed E-state index contributed by atoms with van der Waals surface area (Å²) in [5.74, 6) is 1.01. The maximum Gasteiger partial charge on any atom is 0.254 e. The fraction of sp³-hybridized carbons (Fsp3) is 0.238. The van der Waals surface area contributed by atoms with Gasteiger partial charge in [0.15, 0.2) is 0 Å². The monoisotopic (exact) mass is 410 g/mol. The normalized spacial score (nSPS) is 10.6. The second-order valence-electron chi connectivity index (χ2n) is 6.41. The molecule has 0 saturated heterocycles. The lowest BCUT2D eigenvalue weighted by atomic mass is 10.1. The number of benzene rings is 1. The highest BCUT2D eigenvalue weighted by atomic mass is 32.2. The summed E-state index contributed by atoms with van der Waals surface area (Å²) in [6.07, 6.45) is 1.67. The Hall–Kier alpha value is -3.13. The van der Waals surface area contributed by atoms with Gasteiger partial charge in [0.05, 0.1) is 11.3 Å². The van der Waals surface area contributed by atoms with Gasteiger partial charge in [-0.25, -0.2) is 4.98 Å². The first-order valence-corrected chi connectivity index (χ1v) is 10.1. The van der Waals surface area contributed by atoms with Gasteiger partial charge in [0.1, 0.15) is 10.8 Å². The number of hydrogen-bond acceptors (Lipinski definition) is 6. The highest BCUT2D eigenvalue weighted by molar-refractivity contribution is 7.98. The minimum atomic E-state index is -0.218. The molecule has 3 rings (SSSR count). The Bertz CT molecular complexity index is 1010. The average molecular weight is 410 g/mol. The van der Waals surface area contributed by atoms with Crippen molar-refractivity contribution in [2.24, 2.45) is 0 Å². The first-order chi connectivity index (χ1) is 14.0. The number of nitrogens with zero attached hydrogens (tertiary/aromatic N) is 2. The predicted molar refractivity (Wildman–Crippen MR) is 111 cm³/mol. The SMILES string of the molecule is CNC(=O)c1cccc(CNC(=O)c2cccnc2SCc2c(C)noc2C)c1. The zero-order valence-electron chi connectivity index (χ0n) is 16.5. The third-order valence-corrected chi connectivity index (χ3v) is 5.45. The zero-order valence-corrected chi connectivity index (χ0v) is 17.3. The Balaban J connectivity index is 1.68. The van der Waals surface area contributed by atoms with E-state index in [2.05, 4.69) is 20.8 Å². The van der Waals surface area contributed by atoms with Crippen molar-refractivity contribution in [1.29, 1.82) is 0 Å². The van der Waals surface area contributed by atoms with Crippen LogP contribution in [0.3, 0.4) is 0 Å². The van der Waals surface area contributed by atoms with E-state index >= 15 is 0 Å². The largest absolute Gasteiger partial charge is 0.361 e. The maximum atomic E-state index is 12.7. The number of thioether (sulfide) groups is 1. The van der Waals surface area contributed by atoms with Gasteiger partial charge < -0.3 is 15.2 Å². The van der Waals surface area contributed by atoms with Crippen LogP contribution >= 0.6 is 11.8 Å². The Kier molecular flexibility index (Phi) is 6.66. The Morgan fingerprint density at radius 3 is 2.69 bits per heavy atom. The van der Waals surface area contributed by atoms with Gasteiger partial charge in [-0.2, -0.15) is 0 Å². The van der Waals surface area contributed by atoms with Crippen LogP contribution in [-0.2, 0) is 12.3 Å². The molecular formula is C21H22N4O3S. The maximum absolute atomic E-state index is 12.7. The number of carbonyl (C=O) groups is 2.